The summed E-state index contributed by atoms with van der Waals surface area (Å²) in [5, 5.41) is 11.9. The standard InChI is InChI=1S/C28H27N3O7S/c32-25(27-31-22-13-7-8-14-23(22)38-27)21(20-11-5-2-6-12-20)15-16-29-26(33)24(17-30-28(34)35)39(36,37)18-19-9-3-1-4-10-19/h1-14,21,24,30H,15-18H2,(H,29,33)(H,34,35). The van der Waals surface area contributed by atoms with Gasteiger partial charge in [-0.3, -0.25) is 9.59 Å². The number of rotatable bonds is 12. The zero-order valence-electron chi connectivity index (χ0n) is 20.8. The van der Waals surface area contributed by atoms with Gasteiger partial charge in [0, 0.05) is 13.1 Å². The van der Waals surface area contributed by atoms with Gasteiger partial charge in [-0.1, -0.05) is 72.8 Å². The van der Waals surface area contributed by atoms with Gasteiger partial charge in [0.1, 0.15) is 5.52 Å². The van der Waals surface area contributed by atoms with E-state index in [1.807, 2.05) is 11.4 Å². The van der Waals surface area contributed by atoms with Crippen LogP contribution in [0.2, 0.25) is 0 Å². The second-order valence-electron chi connectivity index (χ2n) is 8.86. The molecule has 3 N–H and O–H groups in total. The highest BCUT2D eigenvalue weighted by atomic mass is 32.2. The Bertz CT molecular complexity index is 1520. The van der Waals surface area contributed by atoms with Crippen molar-refractivity contribution >= 4 is 38.7 Å². The Hall–Kier alpha value is -4.51. The Morgan fingerprint density at radius 3 is 2.18 bits per heavy atom. The van der Waals surface area contributed by atoms with Gasteiger partial charge < -0.3 is 20.2 Å². The van der Waals surface area contributed by atoms with Gasteiger partial charge in [0.2, 0.25) is 11.7 Å². The third-order valence-electron chi connectivity index (χ3n) is 6.13. The molecule has 2 unspecified atom stereocenters. The number of fused-ring (bicyclic) bond motifs is 1. The van der Waals surface area contributed by atoms with E-state index in [0.29, 0.717) is 22.2 Å². The third kappa shape index (κ3) is 7.08. The fourth-order valence-corrected chi connectivity index (χ4v) is 5.79. The van der Waals surface area contributed by atoms with Gasteiger partial charge in [0.25, 0.3) is 5.89 Å². The summed E-state index contributed by atoms with van der Waals surface area (Å²) in [7, 11) is -4.08. The second kappa shape index (κ2) is 12.4. The van der Waals surface area contributed by atoms with Gasteiger partial charge in [-0.15, -0.1) is 0 Å². The number of ketones is 1. The summed E-state index contributed by atoms with van der Waals surface area (Å²) in [5.74, 6) is -2.47. The number of carbonyl (C=O) groups is 3. The van der Waals surface area contributed by atoms with Crippen LogP contribution in [0, 0.1) is 0 Å². The van der Waals surface area contributed by atoms with E-state index >= 15 is 0 Å². The maximum atomic E-state index is 13.4. The normalized spacial score (nSPS) is 12.9. The average molecular weight is 550 g/mol. The number of Topliss-reactive ketones (excluding diaryl/α,β-unsaturated/α-hetero) is 1. The molecule has 0 saturated heterocycles. The summed E-state index contributed by atoms with van der Waals surface area (Å²) in [6, 6.07) is 24.2. The van der Waals surface area contributed by atoms with Crippen molar-refractivity contribution in [3.8, 4) is 0 Å². The number of carboxylic acid groups (broad SMARTS) is 1. The first-order valence-electron chi connectivity index (χ1n) is 12.2. The molecule has 1 heterocycles. The monoisotopic (exact) mass is 549 g/mol. The van der Waals surface area contributed by atoms with Crippen molar-refractivity contribution in [2.75, 3.05) is 13.1 Å². The molecule has 3 aromatic carbocycles. The van der Waals surface area contributed by atoms with E-state index in [-0.39, 0.29) is 24.6 Å². The number of benzene rings is 3. The lowest BCUT2D eigenvalue weighted by Gasteiger charge is -2.19. The lowest BCUT2D eigenvalue weighted by molar-refractivity contribution is -0.120. The van der Waals surface area contributed by atoms with Crippen LogP contribution in [0.25, 0.3) is 11.1 Å². The Morgan fingerprint density at radius 1 is 0.872 bits per heavy atom. The molecule has 0 saturated carbocycles. The molecule has 0 aliphatic rings. The highest BCUT2D eigenvalue weighted by Crippen LogP contribution is 2.26. The number of sulfone groups is 1. The molecule has 0 radical (unpaired) electrons. The van der Waals surface area contributed by atoms with Crippen LogP contribution < -0.4 is 10.6 Å². The quantitative estimate of drug-likeness (QED) is 0.227. The Balaban J connectivity index is 1.50. The number of aromatic nitrogens is 1. The van der Waals surface area contributed by atoms with Crippen molar-refractivity contribution in [1.29, 1.82) is 0 Å². The van der Waals surface area contributed by atoms with Crippen LogP contribution in [0.5, 0.6) is 0 Å². The number of hydrogen-bond acceptors (Lipinski definition) is 7. The number of nitrogens with one attached hydrogen (secondary N) is 2. The van der Waals surface area contributed by atoms with Crippen LogP contribution in [-0.2, 0) is 20.4 Å². The molecule has 0 aliphatic carbocycles. The van der Waals surface area contributed by atoms with E-state index in [4.69, 9.17) is 9.52 Å². The van der Waals surface area contributed by atoms with Gasteiger partial charge in [-0.25, -0.2) is 18.2 Å². The molecule has 11 heteroatoms. The van der Waals surface area contributed by atoms with Crippen molar-refractivity contribution in [3.05, 3.63) is 102 Å². The first-order valence-corrected chi connectivity index (χ1v) is 13.9. The predicted molar refractivity (Wildman–Crippen MR) is 144 cm³/mol. The van der Waals surface area contributed by atoms with Crippen molar-refractivity contribution in [1.82, 2.24) is 15.6 Å². The third-order valence-corrected chi connectivity index (χ3v) is 8.11. The predicted octanol–water partition coefficient (Wildman–Crippen LogP) is 3.55. The summed E-state index contributed by atoms with van der Waals surface area (Å²) >= 11 is 0. The number of hydrogen-bond donors (Lipinski definition) is 3. The van der Waals surface area contributed by atoms with E-state index in [1.54, 1.807) is 78.9 Å². The summed E-state index contributed by atoms with van der Waals surface area (Å²) in [6.45, 7) is -0.658. The van der Waals surface area contributed by atoms with Gasteiger partial charge >= 0.3 is 6.09 Å². The number of oxazole rings is 1. The maximum absolute atomic E-state index is 13.4. The Kier molecular flexibility index (Phi) is 8.72. The molecule has 2 atom stereocenters. The van der Waals surface area contributed by atoms with Crippen molar-refractivity contribution in [3.63, 3.8) is 0 Å². The average Bonchev–Trinajstić information content (AvgIpc) is 3.36. The summed E-state index contributed by atoms with van der Waals surface area (Å²) in [6.07, 6.45) is -1.32. The molecule has 0 fully saturated rings. The zero-order valence-corrected chi connectivity index (χ0v) is 21.6. The van der Waals surface area contributed by atoms with E-state index in [9.17, 15) is 22.8 Å². The first-order chi connectivity index (χ1) is 18.7. The smallest absolute Gasteiger partial charge is 0.404 e. The molecule has 0 spiro atoms. The number of nitrogens with zero attached hydrogens (tertiary/aromatic N) is 1. The lowest BCUT2D eigenvalue weighted by atomic mass is 9.91. The van der Waals surface area contributed by atoms with Crippen molar-refractivity contribution in [2.45, 2.75) is 23.3 Å². The van der Waals surface area contributed by atoms with Crippen LogP contribution in [0.15, 0.2) is 89.3 Å². The minimum absolute atomic E-state index is 0.0468. The van der Waals surface area contributed by atoms with Crippen LogP contribution in [0.3, 0.4) is 0 Å². The zero-order chi connectivity index (χ0) is 27.8. The number of amides is 2. The fourth-order valence-electron chi connectivity index (χ4n) is 4.18. The van der Waals surface area contributed by atoms with E-state index in [2.05, 4.69) is 10.3 Å². The van der Waals surface area contributed by atoms with Crippen LogP contribution in [0.4, 0.5) is 4.79 Å². The Morgan fingerprint density at radius 2 is 1.51 bits per heavy atom. The van der Waals surface area contributed by atoms with Crippen LogP contribution in [0.1, 0.15) is 34.2 Å². The minimum Gasteiger partial charge on any atom is -0.465 e. The fraction of sp³-hybridized carbons (Fsp3) is 0.214. The molecule has 202 valence electrons. The molecule has 0 bridgehead atoms. The molecular weight excluding hydrogens is 522 g/mol. The summed E-state index contributed by atoms with van der Waals surface area (Å²) < 4.78 is 31.8. The molecule has 10 nitrogen and oxygen atoms in total. The lowest BCUT2D eigenvalue weighted by Crippen LogP contribution is -2.47. The molecule has 2 amide bonds. The molecule has 39 heavy (non-hydrogen) atoms. The minimum atomic E-state index is -4.08. The van der Waals surface area contributed by atoms with Gasteiger partial charge in [-0.2, -0.15) is 0 Å². The first kappa shape index (κ1) is 27.5. The highest BCUT2D eigenvalue weighted by molar-refractivity contribution is 7.92. The van der Waals surface area contributed by atoms with Gasteiger partial charge in [-0.05, 0) is 29.7 Å². The number of carbonyl (C=O) groups excluding carboxylic acids is 2. The maximum Gasteiger partial charge on any atom is 0.404 e. The molecule has 4 aromatic rings. The largest absolute Gasteiger partial charge is 0.465 e. The van der Waals surface area contributed by atoms with E-state index < -0.39 is 45.3 Å². The Labute approximate surface area is 225 Å². The summed E-state index contributed by atoms with van der Waals surface area (Å²) in [4.78, 5) is 41.8. The number of para-hydroxylation sites is 2. The van der Waals surface area contributed by atoms with Crippen molar-refractivity contribution in [2.24, 2.45) is 0 Å². The summed E-state index contributed by atoms with van der Waals surface area (Å²) in [5.41, 5.74) is 2.16. The van der Waals surface area contributed by atoms with Crippen LogP contribution in [-0.4, -0.2) is 54.6 Å². The molecule has 1 aromatic heterocycles. The van der Waals surface area contributed by atoms with E-state index in [0.717, 1.165) is 0 Å². The topological polar surface area (TPSA) is 156 Å². The highest BCUT2D eigenvalue weighted by Gasteiger charge is 2.34. The molecule has 0 aliphatic heterocycles. The molecule has 4 rings (SSSR count). The SMILES string of the molecule is O=C(O)NCC(C(=O)NCCC(C(=O)c1nc2ccccc2o1)c1ccccc1)S(=O)(=O)Cc1ccccc1. The van der Waals surface area contributed by atoms with Crippen molar-refractivity contribution < 1.29 is 32.3 Å². The second-order valence-corrected chi connectivity index (χ2v) is 11.0. The van der Waals surface area contributed by atoms with Crippen LogP contribution >= 0.6 is 0 Å². The van der Waals surface area contributed by atoms with E-state index in [1.165, 1.54) is 0 Å². The van der Waals surface area contributed by atoms with Gasteiger partial charge in [0.15, 0.2) is 20.7 Å². The molecular formula is C28H27N3O7S. The van der Waals surface area contributed by atoms with Gasteiger partial charge in [0.05, 0.1) is 11.7 Å².